The molecule has 2 aromatic carbocycles. The van der Waals surface area contributed by atoms with Crippen LogP contribution in [0.15, 0.2) is 64.1 Å². The number of piperidine rings is 1. The summed E-state index contributed by atoms with van der Waals surface area (Å²) in [6.45, 7) is 4.27. The topological polar surface area (TPSA) is 67.7 Å². The molecule has 1 aliphatic rings. The van der Waals surface area contributed by atoms with E-state index < -0.39 is 0 Å². The fourth-order valence-electron chi connectivity index (χ4n) is 3.81. The zero-order valence-corrected chi connectivity index (χ0v) is 18.4. The molecule has 0 radical (unpaired) electrons. The van der Waals surface area contributed by atoms with Crippen LogP contribution in [0.3, 0.4) is 0 Å². The number of halogens is 2. The maximum atomic E-state index is 14.7. The number of aliphatic imine (C=N–C) groups is 1. The van der Waals surface area contributed by atoms with Crippen LogP contribution in [0.5, 0.6) is 0 Å². The Labute approximate surface area is 188 Å². The van der Waals surface area contributed by atoms with E-state index in [1.807, 2.05) is 55.5 Å². The molecule has 1 unspecified atom stereocenters. The van der Waals surface area contributed by atoms with Crippen molar-refractivity contribution in [2.45, 2.75) is 38.6 Å². The Bertz CT molecular complexity index is 1020. The number of likely N-dealkylation sites (tertiary alicyclic amines) is 1. The quantitative estimate of drug-likeness (QED) is 0.427. The molecular formula is C24H28ClFN4O. The minimum atomic E-state index is -0.246. The Morgan fingerprint density at radius 3 is 2.58 bits per heavy atom. The Balaban J connectivity index is 0.00000272. The van der Waals surface area contributed by atoms with Gasteiger partial charge in [0.25, 0.3) is 0 Å². The van der Waals surface area contributed by atoms with Gasteiger partial charge in [-0.15, -0.1) is 12.4 Å². The van der Waals surface area contributed by atoms with E-state index in [2.05, 4.69) is 15.0 Å². The van der Waals surface area contributed by atoms with Gasteiger partial charge in [0.1, 0.15) is 17.3 Å². The highest BCUT2D eigenvalue weighted by atomic mass is 35.5. The average Bonchev–Trinajstić information content (AvgIpc) is 3.27. The number of hydrogen-bond acceptors (Lipinski definition) is 3. The minimum absolute atomic E-state index is 0. The molecule has 1 atom stereocenters. The predicted molar refractivity (Wildman–Crippen MR) is 124 cm³/mol. The molecule has 2 N–H and O–H groups in total. The third-order valence-corrected chi connectivity index (χ3v) is 5.67. The fraction of sp³-hybridized carbons (Fsp3) is 0.333. The van der Waals surface area contributed by atoms with Crippen molar-refractivity contribution in [1.82, 2.24) is 10.1 Å². The summed E-state index contributed by atoms with van der Waals surface area (Å²) in [6.07, 6.45) is 3.56. The van der Waals surface area contributed by atoms with E-state index in [0.29, 0.717) is 23.8 Å². The van der Waals surface area contributed by atoms with Crippen LogP contribution in [0.1, 0.15) is 49.1 Å². The van der Waals surface area contributed by atoms with Gasteiger partial charge in [-0.2, -0.15) is 0 Å². The molecule has 3 aromatic rings. The number of guanidine groups is 1. The van der Waals surface area contributed by atoms with Crippen molar-refractivity contribution in [3.05, 3.63) is 77.4 Å². The Morgan fingerprint density at radius 2 is 1.87 bits per heavy atom. The molecule has 1 fully saturated rings. The number of nitrogens with two attached hydrogens (primary N) is 1. The van der Waals surface area contributed by atoms with Crippen molar-refractivity contribution in [2.75, 3.05) is 13.1 Å². The first-order chi connectivity index (χ1) is 14.6. The van der Waals surface area contributed by atoms with Gasteiger partial charge in [0.05, 0.1) is 6.54 Å². The average molecular weight is 443 g/mol. The molecule has 4 rings (SSSR count). The van der Waals surface area contributed by atoms with Gasteiger partial charge in [-0.25, -0.2) is 9.38 Å². The molecule has 7 heteroatoms. The summed E-state index contributed by atoms with van der Waals surface area (Å²) in [4.78, 5) is 6.58. The van der Waals surface area contributed by atoms with Crippen molar-refractivity contribution >= 4 is 18.4 Å². The van der Waals surface area contributed by atoms with Crippen LogP contribution in [-0.4, -0.2) is 29.1 Å². The second-order valence-electron chi connectivity index (χ2n) is 7.77. The minimum Gasteiger partial charge on any atom is -0.370 e. The van der Waals surface area contributed by atoms with Crippen molar-refractivity contribution in [2.24, 2.45) is 10.7 Å². The summed E-state index contributed by atoms with van der Waals surface area (Å²) in [5.41, 5.74) is 9.12. The smallest absolute Gasteiger partial charge is 0.191 e. The molecule has 0 saturated carbocycles. The zero-order chi connectivity index (χ0) is 20.9. The van der Waals surface area contributed by atoms with E-state index in [-0.39, 0.29) is 24.1 Å². The van der Waals surface area contributed by atoms with Crippen LogP contribution in [0.25, 0.3) is 11.1 Å². The molecule has 1 saturated heterocycles. The second-order valence-corrected chi connectivity index (χ2v) is 7.77. The number of aromatic nitrogens is 1. The van der Waals surface area contributed by atoms with Gasteiger partial charge in [0.15, 0.2) is 5.96 Å². The summed E-state index contributed by atoms with van der Waals surface area (Å²) >= 11 is 0. The van der Waals surface area contributed by atoms with Crippen molar-refractivity contribution in [3.8, 4) is 11.1 Å². The van der Waals surface area contributed by atoms with E-state index in [0.717, 1.165) is 42.8 Å². The first-order valence-corrected chi connectivity index (χ1v) is 10.5. The lowest BCUT2D eigenvalue weighted by atomic mass is 9.95. The third kappa shape index (κ3) is 5.44. The lowest BCUT2D eigenvalue weighted by Gasteiger charge is -2.27. The van der Waals surface area contributed by atoms with Gasteiger partial charge in [0, 0.05) is 30.6 Å². The Kier molecular flexibility index (Phi) is 7.69. The van der Waals surface area contributed by atoms with E-state index in [4.69, 9.17) is 10.3 Å². The number of benzene rings is 2. The number of hydrogen-bond donors (Lipinski definition) is 1. The maximum Gasteiger partial charge on any atom is 0.191 e. The molecular weight excluding hydrogens is 415 g/mol. The molecule has 2 heterocycles. The summed E-state index contributed by atoms with van der Waals surface area (Å²) in [7, 11) is 0. The first kappa shape index (κ1) is 22.8. The summed E-state index contributed by atoms with van der Waals surface area (Å²) < 4.78 is 20.2. The van der Waals surface area contributed by atoms with Gasteiger partial charge in [-0.1, -0.05) is 54.5 Å². The predicted octanol–water partition coefficient (Wildman–Crippen LogP) is 5.35. The summed E-state index contributed by atoms with van der Waals surface area (Å²) in [5, 5.41) is 4.12. The van der Waals surface area contributed by atoms with Crippen LogP contribution in [0, 0.1) is 5.82 Å². The third-order valence-electron chi connectivity index (χ3n) is 5.67. The summed E-state index contributed by atoms with van der Waals surface area (Å²) in [6, 6.07) is 16.7. The molecule has 1 aromatic heterocycles. The van der Waals surface area contributed by atoms with Gasteiger partial charge in [-0.3, -0.25) is 0 Å². The van der Waals surface area contributed by atoms with Crippen LogP contribution in [0.4, 0.5) is 4.39 Å². The highest BCUT2D eigenvalue weighted by Gasteiger charge is 2.17. The van der Waals surface area contributed by atoms with E-state index in [1.54, 1.807) is 6.07 Å². The molecule has 31 heavy (non-hydrogen) atoms. The molecule has 0 aliphatic carbocycles. The standard InChI is InChI=1S/C24H27FN4O.ClH/c1-17(19-10-11-21(22(25)14-19)18-8-4-2-5-9-18)23-15-20(28-30-23)16-27-24(26)29-12-6-3-7-13-29;/h2,4-5,8-11,14-15,17H,3,6-7,12-13,16H2,1H3,(H2,26,27);1H. The molecule has 0 bridgehead atoms. The van der Waals surface area contributed by atoms with Crippen LogP contribution < -0.4 is 5.73 Å². The van der Waals surface area contributed by atoms with Crippen molar-refractivity contribution in [1.29, 1.82) is 0 Å². The summed E-state index contributed by atoms with van der Waals surface area (Å²) in [5.74, 6) is 0.882. The van der Waals surface area contributed by atoms with E-state index in [1.165, 1.54) is 6.42 Å². The number of rotatable bonds is 5. The fourth-order valence-corrected chi connectivity index (χ4v) is 3.81. The van der Waals surface area contributed by atoms with E-state index >= 15 is 0 Å². The molecule has 1 aliphatic heterocycles. The largest absolute Gasteiger partial charge is 0.370 e. The molecule has 0 amide bonds. The lowest BCUT2D eigenvalue weighted by Crippen LogP contribution is -2.40. The van der Waals surface area contributed by atoms with Crippen LogP contribution in [0.2, 0.25) is 0 Å². The Morgan fingerprint density at radius 1 is 1.13 bits per heavy atom. The lowest BCUT2D eigenvalue weighted by molar-refractivity contribution is 0.337. The van der Waals surface area contributed by atoms with Gasteiger partial charge >= 0.3 is 0 Å². The zero-order valence-electron chi connectivity index (χ0n) is 17.6. The normalized spacial score (nSPS) is 15.4. The van der Waals surface area contributed by atoms with Crippen molar-refractivity contribution < 1.29 is 8.91 Å². The van der Waals surface area contributed by atoms with Gasteiger partial charge in [0.2, 0.25) is 0 Å². The molecule has 0 spiro atoms. The molecule has 5 nitrogen and oxygen atoms in total. The van der Waals surface area contributed by atoms with Gasteiger partial charge < -0.3 is 15.2 Å². The van der Waals surface area contributed by atoms with E-state index in [9.17, 15) is 4.39 Å². The second kappa shape index (κ2) is 10.4. The molecule has 164 valence electrons. The van der Waals surface area contributed by atoms with Crippen LogP contribution >= 0.6 is 12.4 Å². The highest BCUT2D eigenvalue weighted by molar-refractivity contribution is 5.85. The van der Waals surface area contributed by atoms with Crippen molar-refractivity contribution in [3.63, 3.8) is 0 Å². The highest BCUT2D eigenvalue weighted by Crippen LogP contribution is 2.29. The SMILES string of the molecule is CC(c1ccc(-c2ccccc2)c(F)c1)c1cc(CN=C(N)N2CCCCC2)no1.Cl. The number of nitrogens with zero attached hydrogens (tertiary/aromatic N) is 3. The maximum absolute atomic E-state index is 14.7. The monoisotopic (exact) mass is 442 g/mol. The first-order valence-electron chi connectivity index (χ1n) is 10.5. The van der Waals surface area contributed by atoms with Gasteiger partial charge in [-0.05, 0) is 36.5 Å². The van der Waals surface area contributed by atoms with Crippen LogP contribution in [-0.2, 0) is 6.54 Å². The Hall–Kier alpha value is -2.86.